The van der Waals surface area contributed by atoms with Crippen LogP contribution in [0.15, 0.2) is 18.2 Å². The van der Waals surface area contributed by atoms with Gasteiger partial charge in [0, 0.05) is 18.0 Å². The Bertz CT molecular complexity index is 491. The molecule has 0 radical (unpaired) electrons. The van der Waals surface area contributed by atoms with Gasteiger partial charge >= 0.3 is 0 Å². The van der Waals surface area contributed by atoms with Gasteiger partial charge in [0.05, 0.1) is 13.2 Å². The molecule has 1 aromatic rings. The van der Waals surface area contributed by atoms with Crippen LogP contribution in [0.3, 0.4) is 0 Å². The van der Waals surface area contributed by atoms with E-state index >= 15 is 0 Å². The third kappa shape index (κ3) is 3.44. The van der Waals surface area contributed by atoms with E-state index in [1.807, 2.05) is 6.92 Å². The molecule has 0 spiro atoms. The van der Waals surface area contributed by atoms with Crippen LogP contribution < -0.4 is 14.8 Å². The monoisotopic (exact) mass is 277 g/mol. The minimum absolute atomic E-state index is 0.0287. The quantitative estimate of drug-likeness (QED) is 0.904. The summed E-state index contributed by atoms with van der Waals surface area (Å²) in [6.07, 6.45) is 0.858. The van der Waals surface area contributed by atoms with Crippen molar-refractivity contribution in [2.75, 3.05) is 13.2 Å². The summed E-state index contributed by atoms with van der Waals surface area (Å²) in [6, 6.07) is 5.42. The van der Waals surface area contributed by atoms with Gasteiger partial charge in [0.15, 0.2) is 11.5 Å². The summed E-state index contributed by atoms with van der Waals surface area (Å²) in [5.41, 5.74) is 0.631. The van der Waals surface area contributed by atoms with E-state index in [9.17, 15) is 4.79 Å². The second-order valence-corrected chi connectivity index (χ2v) is 6.27. The molecule has 1 heterocycles. The van der Waals surface area contributed by atoms with Gasteiger partial charge in [-0.05, 0) is 30.5 Å². The van der Waals surface area contributed by atoms with E-state index < -0.39 is 0 Å². The van der Waals surface area contributed by atoms with E-state index in [-0.39, 0.29) is 17.4 Å². The van der Waals surface area contributed by atoms with Crippen molar-refractivity contribution >= 4 is 5.91 Å². The SMILES string of the molecule is CC(NC(=O)c1ccc2c(c1)OCCCO2)C(C)(C)C. The Kier molecular flexibility index (Phi) is 4.21. The van der Waals surface area contributed by atoms with Crippen molar-refractivity contribution in [1.29, 1.82) is 0 Å². The summed E-state index contributed by atoms with van der Waals surface area (Å²) < 4.78 is 11.2. The topological polar surface area (TPSA) is 47.6 Å². The normalized spacial score (nSPS) is 16.2. The third-order valence-corrected chi connectivity index (χ3v) is 3.66. The first-order chi connectivity index (χ1) is 9.38. The van der Waals surface area contributed by atoms with Crippen LogP contribution in [0.2, 0.25) is 0 Å². The number of nitrogens with one attached hydrogen (secondary N) is 1. The predicted octanol–water partition coefficient (Wildman–Crippen LogP) is 3.01. The number of hydrogen-bond donors (Lipinski definition) is 1. The van der Waals surface area contributed by atoms with Gasteiger partial charge in [-0.2, -0.15) is 0 Å². The van der Waals surface area contributed by atoms with E-state index in [0.717, 1.165) is 6.42 Å². The Morgan fingerprint density at radius 3 is 2.50 bits per heavy atom. The van der Waals surface area contributed by atoms with Crippen molar-refractivity contribution in [3.8, 4) is 11.5 Å². The first kappa shape index (κ1) is 14.7. The fourth-order valence-electron chi connectivity index (χ4n) is 1.80. The zero-order valence-electron chi connectivity index (χ0n) is 12.7. The number of hydrogen-bond acceptors (Lipinski definition) is 3. The van der Waals surface area contributed by atoms with Crippen molar-refractivity contribution in [3.63, 3.8) is 0 Å². The summed E-state index contributed by atoms with van der Waals surface area (Å²) in [7, 11) is 0. The largest absolute Gasteiger partial charge is 0.490 e. The first-order valence-corrected chi connectivity index (χ1v) is 7.08. The maximum absolute atomic E-state index is 12.3. The molecule has 0 aromatic heterocycles. The van der Waals surface area contributed by atoms with Crippen LogP contribution in [0.25, 0.3) is 0 Å². The molecule has 1 atom stereocenters. The fourth-order valence-corrected chi connectivity index (χ4v) is 1.80. The molecule has 0 aliphatic carbocycles. The van der Waals surface area contributed by atoms with Crippen molar-refractivity contribution in [2.24, 2.45) is 5.41 Å². The van der Waals surface area contributed by atoms with Gasteiger partial charge in [-0.25, -0.2) is 0 Å². The Morgan fingerprint density at radius 2 is 1.85 bits per heavy atom. The average Bonchev–Trinajstić information content (AvgIpc) is 2.61. The molecular formula is C16H23NO3. The molecule has 110 valence electrons. The zero-order chi connectivity index (χ0) is 14.8. The van der Waals surface area contributed by atoms with Crippen molar-refractivity contribution in [1.82, 2.24) is 5.32 Å². The van der Waals surface area contributed by atoms with Crippen molar-refractivity contribution in [2.45, 2.75) is 40.2 Å². The van der Waals surface area contributed by atoms with Crippen molar-refractivity contribution in [3.05, 3.63) is 23.8 Å². The van der Waals surface area contributed by atoms with Gasteiger partial charge in [-0.3, -0.25) is 4.79 Å². The lowest BCUT2D eigenvalue weighted by Crippen LogP contribution is -2.41. The number of amides is 1. The van der Waals surface area contributed by atoms with E-state index in [1.165, 1.54) is 0 Å². The van der Waals surface area contributed by atoms with Crippen LogP contribution >= 0.6 is 0 Å². The van der Waals surface area contributed by atoms with Gasteiger partial charge < -0.3 is 14.8 Å². The number of fused-ring (bicyclic) bond motifs is 1. The summed E-state index contributed by atoms with van der Waals surface area (Å²) >= 11 is 0. The highest BCUT2D eigenvalue weighted by Gasteiger charge is 2.23. The highest BCUT2D eigenvalue weighted by molar-refractivity contribution is 5.95. The summed E-state index contributed by atoms with van der Waals surface area (Å²) in [4.78, 5) is 12.3. The minimum Gasteiger partial charge on any atom is -0.490 e. The molecule has 1 aliphatic heterocycles. The molecule has 0 bridgehead atoms. The third-order valence-electron chi connectivity index (χ3n) is 3.66. The van der Waals surface area contributed by atoms with Gasteiger partial charge in [0.1, 0.15) is 0 Å². The number of carbonyl (C=O) groups excluding carboxylic acids is 1. The Hall–Kier alpha value is -1.71. The van der Waals surface area contributed by atoms with Crippen LogP contribution in [0.5, 0.6) is 11.5 Å². The maximum atomic E-state index is 12.3. The van der Waals surface area contributed by atoms with Crippen LogP contribution in [-0.4, -0.2) is 25.2 Å². The molecule has 1 unspecified atom stereocenters. The molecule has 0 saturated heterocycles. The van der Waals surface area contributed by atoms with E-state index in [1.54, 1.807) is 18.2 Å². The molecule has 2 rings (SSSR count). The summed E-state index contributed by atoms with van der Waals surface area (Å²) in [6.45, 7) is 9.60. The summed E-state index contributed by atoms with van der Waals surface area (Å²) in [5.74, 6) is 1.28. The van der Waals surface area contributed by atoms with Crippen LogP contribution in [-0.2, 0) is 0 Å². The first-order valence-electron chi connectivity index (χ1n) is 7.08. The molecule has 4 heteroatoms. The van der Waals surface area contributed by atoms with Crippen LogP contribution in [0.4, 0.5) is 0 Å². The molecule has 0 fully saturated rings. The molecule has 1 N–H and O–H groups in total. The highest BCUT2D eigenvalue weighted by Crippen LogP contribution is 2.30. The van der Waals surface area contributed by atoms with Crippen LogP contribution in [0, 0.1) is 5.41 Å². The second-order valence-electron chi connectivity index (χ2n) is 6.27. The molecule has 0 saturated carbocycles. The number of benzene rings is 1. The number of rotatable bonds is 2. The zero-order valence-corrected chi connectivity index (χ0v) is 12.7. The van der Waals surface area contributed by atoms with Crippen molar-refractivity contribution < 1.29 is 14.3 Å². The molecule has 1 aliphatic rings. The lowest BCUT2D eigenvalue weighted by Gasteiger charge is -2.28. The molecular weight excluding hydrogens is 254 g/mol. The molecule has 1 aromatic carbocycles. The summed E-state index contributed by atoms with van der Waals surface area (Å²) in [5, 5.41) is 3.02. The Labute approximate surface area is 120 Å². The van der Waals surface area contributed by atoms with E-state index in [0.29, 0.717) is 30.3 Å². The van der Waals surface area contributed by atoms with E-state index in [4.69, 9.17) is 9.47 Å². The second kappa shape index (κ2) is 5.73. The molecule has 4 nitrogen and oxygen atoms in total. The van der Waals surface area contributed by atoms with Gasteiger partial charge in [-0.15, -0.1) is 0 Å². The Morgan fingerprint density at radius 1 is 1.20 bits per heavy atom. The fraction of sp³-hybridized carbons (Fsp3) is 0.562. The number of carbonyl (C=O) groups is 1. The predicted molar refractivity (Wildman–Crippen MR) is 78.4 cm³/mol. The van der Waals surface area contributed by atoms with Gasteiger partial charge in [-0.1, -0.05) is 20.8 Å². The Balaban J connectivity index is 2.13. The van der Waals surface area contributed by atoms with Crippen LogP contribution in [0.1, 0.15) is 44.5 Å². The smallest absolute Gasteiger partial charge is 0.251 e. The maximum Gasteiger partial charge on any atom is 0.251 e. The lowest BCUT2D eigenvalue weighted by atomic mass is 9.88. The standard InChI is InChI=1S/C16H23NO3/c1-11(16(2,3)4)17-15(18)12-6-7-13-14(10-12)20-9-5-8-19-13/h6-7,10-11H,5,8-9H2,1-4H3,(H,17,18). The lowest BCUT2D eigenvalue weighted by molar-refractivity contribution is 0.0909. The average molecular weight is 277 g/mol. The molecule has 1 amide bonds. The highest BCUT2D eigenvalue weighted by atomic mass is 16.5. The minimum atomic E-state index is -0.0805. The van der Waals surface area contributed by atoms with Gasteiger partial charge in [0.2, 0.25) is 0 Å². The number of ether oxygens (including phenoxy) is 2. The van der Waals surface area contributed by atoms with E-state index in [2.05, 4.69) is 26.1 Å². The molecule has 20 heavy (non-hydrogen) atoms. The van der Waals surface area contributed by atoms with Gasteiger partial charge in [0.25, 0.3) is 5.91 Å².